The molecule has 0 bridgehead atoms. The third-order valence-electron chi connectivity index (χ3n) is 5.82. The number of carboxylic acids is 2. The third kappa shape index (κ3) is 4.96. The van der Waals surface area contributed by atoms with E-state index >= 15 is 0 Å². The number of amides is 1. The van der Waals surface area contributed by atoms with Crippen LogP contribution in [-0.2, 0) is 14.4 Å². The molecule has 2 fully saturated rings. The zero-order valence-corrected chi connectivity index (χ0v) is 16.7. The molecule has 2 aliphatic rings. The molecule has 11 heteroatoms. The van der Waals surface area contributed by atoms with E-state index in [2.05, 4.69) is 10.8 Å². The minimum absolute atomic E-state index is 0.0691. The van der Waals surface area contributed by atoms with E-state index in [0.29, 0.717) is 19.3 Å². The van der Waals surface area contributed by atoms with Crippen molar-refractivity contribution in [2.75, 3.05) is 19.8 Å². The molecule has 4 unspecified atom stereocenters. The highest BCUT2D eigenvalue weighted by atomic mass is 16.7. The Kier molecular flexibility index (Phi) is 7.11. The van der Waals surface area contributed by atoms with Gasteiger partial charge in [0.1, 0.15) is 11.9 Å². The monoisotopic (exact) mass is 438 g/mol. The molecule has 170 valence electrons. The fourth-order valence-corrected chi connectivity index (χ4v) is 4.15. The average molecular weight is 438 g/mol. The zero-order valence-electron chi connectivity index (χ0n) is 16.7. The number of aliphatic hydroxyl groups excluding tert-OH is 1. The van der Waals surface area contributed by atoms with Crippen molar-refractivity contribution in [3.63, 3.8) is 0 Å². The molecule has 1 aliphatic carbocycles. The summed E-state index contributed by atoms with van der Waals surface area (Å²) in [4.78, 5) is 40.4. The third-order valence-corrected chi connectivity index (χ3v) is 5.82. The first-order chi connectivity index (χ1) is 14.7. The number of aromatic carboxylic acids is 1. The summed E-state index contributed by atoms with van der Waals surface area (Å²) in [6.07, 6.45) is 0.617. The van der Waals surface area contributed by atoms with E-state index in [0.717, 1.165) is 6.07 Å². The lowest BCUT2D eigenvalue weighted by Gasteiger charge is -2.55. The lowest BCUT2D eigenvalue weighted by Crippen LogP contribution is -2.73. The van der Waals surface area contributed by atoms with Crippen molar-refractivity contribution in [3.05, 3.63) is 29.3 Å². The number of phenols is 1. The predicted molar refractivity (Wildman–Crippen MR) is 105 cm³/mol. The summed E-state index contributed by atoms with van der Waals surface area (Å²) < 4.78 is 5.50. The average Bonchev–Trinajstić information content (AvgIpc) is 2.71. The number of nitrogens with one attached hydrogen (secondary N) is 2. The number of hydrogen-bond donors (Lipinski definition) is 6. The molecule has 1 spiro atoms. The number of aromatic hydroxyl groups is 1. The number of carbonyl (C=O) groups excluding carboxylic acids is 1. The van der Waals surface area contributed by atoms with Crippen LogP contribution in [0.2, 0.25) is 0 Å². The molecule has 0 radical (unpaired) electrons. The maximum atomic E-state index is 12.2. The highest BCUT2D eigenvalue weighted by Gasteiger charge is 2.58. The van der Waals surface area contributed by atoms with E-state index in [1.54, 1.807) is 0 Å². The van der Waals surface area contributed by atoms with Crippen molar-refractivity contribution in [1.29, 1.82) is 0 Å². The van der Waals surface area contributed by atoms with Crippen molar-refractivity contribution in [2.24, 2.45) is 5.92 Å². The van der Waals surface area contributed by atoms with Crippen molar-refractivity contribution in [3.8, 4) is 5.75 Å². The summed E-state index contributed by atoms with van der Waals surface area (Å²) in [5.74, 6) is -3.90. The number of benzene rings is 1. The number of carbonyl (C=O) groups is 3. The highest BCUT2D eigenvalue weighted by molar-refractivity contribution is 6.05. The maximum absolute atomic E-state index is 12.2. The first-order valence-electron chi connectivity index (χ1n) is 10.0. The van der Waals surface area contributed by atoms with Crippen LogP contribution in [0.4, 0.5) is 0 Å². The molecule has 1 aromatic carbocycles. The number of rotatable bonds is 9. The Morgan fingerprint density at radius 1 is 1.23 bits per heavy atom. The first kappa shape index (κ1) is 22.9. The molecular weight excluding hydrogens is 412 g/mol. The van der Waals surface area contributed by atoms with Gasteiger partial charge in [0.15, 0.2) is 0 Å². The van der Waals surface area contributed by atoms with Crippen molar-refractivity contribution in [1.82, 2.24) is 10.8 Å². The zero-order chi connectivity index (χ0) is 22.6. The Morgan fingerprint density at radius 3 is 2.65 bits per heavy atom. The van der Waals surface area contributed by atoms with Gasteiger partial charge in [0.05, 0.1) is 35.3 Å². The molecule has 4 atom stereocenters. The quantitative estimate of drug-likeness (QED) is 0.290. The van der Waals surface area contributed by atoms with Gasteiger partial charge in [-0.2, -0.15) is 5.48 Å². The summed E-state index contributed by atoms with van der Waals surface area (Å²) in [7, 11) is 0. The molecule has 6 N–H and O–H groups in total. The number of carboxylic acid groups (broad SMARTS) is 2. The Bertz CT molecular complexity index is 846. The van der Waals surface area contributed by atoms with Crippen LogP contribution in [0.1, 0.15) is 46.4 Å². The Labute approximate surface area is 177 Å². The SMILES string of the molecule is O=C(O)c1cc(O)ccc1C(=O)NCCOCCC1ONC12CCC(O)CC2C(=O)O. The highest BCUT2D eigenvalue weighted by Crippen LogP contribution is 2.43. The normalized spacial score (nSPS) is 27.5. The number of aliphatic carboxylic acids is 1. The summed E-state index contributed by atoms with van der Waals surface area (Å²) >= 11 is 0. The largest absolute Gasteiger partial charge is 0.508 e. The van der Waals surface area contributed by atoms with E-state index in [-0.39, 0.29) is 49.2 Å². The molecule has 3 rings (SSSR count). The van der Waals surface area contributed by atoms with E-state index < -0.39 is 35.4 Å². The Morgan fingerprint density at radius 2 is 2.00 bits per heavy atom. The van der Waals surface area contributed by atoms with E-state index in [4.69, 9.17) is 14.7 Å². The topological polar surface area (TPSA) is 175 Å². The molecular formula is C20H26N2O9. The standard InChI is InChI=1S/C20H26N2O9/c23-11-1-2-13(14(9-11)18(26)27)17(25)21-6-8-30-7-4-16-20(22-31-16)5-3-12(24)10-15(20)19(28)29/h1-2,9,12,15-16,22-24H,3-8,10H2,(H,21,25)(H,26,27)(H,28,29). The molecule has 1 saturated carbocycles. The van der Waals surface area contributed by atoms with Crippen LogP contribution in [0.3, 0.4) is 0 Å². The fraction of sp³-hybridized carbons (Fsp3) is 0.550. The van der Waals surface area contributed by atoms with Gasteiger partial charge in [-0.3, -0.25) is 14.4 Å². The summed E-state index contributed by atoms with van der Waals surface area (Å²) in [5.41, 5.74) is 1.71. The van der Waals surface area contributed by atoms with Gasteiger partial charge < -0.3 is 30.5 Å². The molecule has 1 aromatic rings. The second kappa shape index (κ2) is 9.60. The molecule has 1 saturated heterocycles. The molecule has 1 amide bonds. The molecule has 0 aromatic heterocycles. The molecule has 1 aliphatic heterocycles. The molecule has 31 heavy (non-hydrogen) atoms. The van der Waals surface area contributed by atoms with Gasteiger partial charge in [0.25, 0.3) is 5.91 Å². The van der Waals surface area contributed by atoms with Crippen LogP contribution in [0.15, 0.2) is 18.2 Å². The number of ether oxygens (including phenoxy) is 1. The number of hydroxylamine groups is 1. The van der Waals surface area contributed by atoms with E-state index in [1.165, 1.54) is 12.1 Å². The fourth-order valence-electron chi connectivity index (χ4n) is 4.15. The second-order valence-corrected chi connectivity index (χ2v) is 7.76. The lowest BCUT2D eigenvalue weighted by molar-refractivity contribution is -0.264. The summed E-state index contributed by atoms with van der Waals surface area (Å²) in [6.45, 7) is 0.580. The van der Waals surface area contributed by atoms with Gasteiger partial charge in [-0.05, 0) is 37.5 Å². The van der Waals surface area contributed by atoms with Crippen molar-refractivity contribution >= 4 is 17.8 Å². The van der Waals surface area contributed by atoms with E-state index in [1.807, 2.05) is 0 Å². The smallest absolute Gasteiger partial charge is 0.336 e. The predicted octanol–water partition coefficient (Wildman–Crippen LogP) is 0.115. The molecule has 11 nitrogen and oxygen atoms in total. The first-order valence-corrected chi connectivity index (χ1v) is 10.0. The Balaban J connectivity index is 1.42. The maximum Gasteiger partial charge on any atom is 0.336 e. The minimum Gasteiger partial charge on any atom is -0.508 e. The van der Waals surface area contributed by atoms with Crippen molar-refractivity contribution in [2.45, 2.75) is 43.4 Å². The minimum atomic E-state index is -1.32. The van der Waals surface area contributed by atoms with Crippen LogP contribution in [-0.4, -0.2) is 75.8 Å². The summed E-state index contributed by atoms with van der Waals surface area (Å²) in [6, 6.07) is 3.47. The van der Waals surface area contributed by atoms with Gasteiger partial charge in [0.2, 0.25) is 0 Å². The summed E-state index contributed by atoms with van der Waals surface area (Å²) in [5, 5.41) is 40.4. The van der Waals surface area contributed by atoms with Gasteiger partial charge in [0, 0.05) is 19.6 Å². The second-order valence-electron chi connectivity index (χ2n) is 7.76. The number of phenolic OH excluding ortho intramolecular Hbond substituents is 1. The van der Waals surface area contributed by atoms with Gasteiger partial charge in [-0.25, -0.2) is 4.79 Å². The van der Waals surface area contributed by atoms with Crippen LogP contribution in [0.25, 0.3) is 0 Å². The van der Waals surface area contributed by atoms with Crippen LogP contribution < -0.4 is 10.8 Å². The van der Waals surface area contributed by atoms with Crippen LogP contribution in [0, 0.1) is 5.92 Å². The van der Waals surface area contributed by atoms with E-state index in [9.17, 15) is 29.7 Å². The van der Waals surface area contributed by atoms with Crippen molar-refractivity contribution < 1.29 is 44.4 Å². The van der Waals surface area contributed by atoms with Crippen LogP contribution in [0.5, 0.6) is 5.75 Å². The van der Waals surface area contributed by atoms with Gasteiger partial charge in [-0.15, -0.1) is 0 Å². The number of hydrogen-bond acceptors (Lipinski definition) is 8. The van der Waals surface area contributed by atoms with Crippen LogP contribution >= 0.6 is 0 Å². The van der Waals surface area contributed by atoms with Gasteiger partial charge >= 0.3 is 11.9 Å². The molecule has 1 heterocycles. The number of aliphatic hydroxyl groups is 1. The Hall–Kier alpha value is -2.73. The van der Waals surface area contributed by atoms with Gasteiger partial charge in [-0.1, -0.05) is 0 Å². The lowest BCUT2D eigenvalue weighted by atomic mass is 9.67.